The van der Waals surface area contributed by atoms with E-state index < -0.39 is 11.3 Å². The van der Waals surface area contributed by atoms with E-state index in [2.05, 4.69) is 29.2 Å². The molecule has 0 amide bonds. The van der Waals surface area contributed by atoms with Crippen molar-refractivity contribution in [3.05, 3.63) is 57.8 Å². The fraction of sp³-hybridized carbons (Fsp3) is 0.381. The van der Waals surface area contributed by atoms with Gasteiger partial charge in [0.2, 0.25) is 0 Å². The summed E-state index contributed by atoms with van der Waals surface area (Å²) in [6.45, 7) is 5.40. The molecule has 5 heteroatoms. The normalized spacial score (nSPS) is 24.7. The molecule has 2 aliphatic rings. The van der Waals surface area contributed by atoms with Crippen molar-refractivity contribution in [2.75, 3.05) is 20.1 Å². The molecule has 26 heavy (non-hydrogen) atoms. The molecule has 0 saturated heterocycles. The first kappa shape index (κ1) is 17.7. The number of nitrogens with two attached hydrogens (primary N) is 1. The van der Waals surface area contributed by atoms with Gasteiger partial charge in [-0.05, 0) is 37.6 Å². The van der Waals surface area contributed by atoms with Crippen LogP contribution < -0.4 is 5.73 Å². The van der Waals surface area contributed by atoms with E-state index in [4.69, 9.17) is 5.73 Å². The number of aryl methyl sites for hydroxylation is 2. The first-order valence-corrected chi connectivity index (χ1v) is 8.58. The third-order valence-corrected chi connectivity index (χ3v) is 5.61. The Labute approximate surface area is 154 Å². The first-order chi connectivity index (χ1) is 12.4. The Kier molecular flexibility index (Phi) is 4.33. The van der Waals surface area contributed by atoms with Crippen LogP contribution in [0.5, 0.6) is 0 Å². The van der Waals surface area contributed by atoms with Gasteiger partial charge in [-0.25, -0.2) is 0 Å². The Bertz CT molecular complexity index is 934. The van der Waals surface area contributed by atoms with Gasteiger partial charge in [0.15, 0.2) is 5.41 Å². The molecule has 2 atom stereocenters. The monoisotopic (exact) mass is 343 g/mol. The summed E-state index contributed by atoms with van der Waals surface area (Å²) in [6.07, 6.45) is 2.01. The molecule has 0 fully saturated rings. The van der Waals surface area contributed by atoms with Gasteiger partial charge in [0.1, 0.15) is 6.07 Å². The van der Waals surface area contributed by atoms with E-state index in [1.807, 2.05) is 39.1 Å². The van der Waals surface area contributed by atoms with Crippen LogP contribution in [0.25, 0.3) is 0 Å². The van der Waals surface area contributed by atoms with Crippen molar-refractivity contribution < 1.29 is 0 Å². The van der Waals surface area contributed by atoms with Crippen molar-refractivity contribution in [2.45, 2.75) is 19.8 Å². The summed E-state index contributed by atoms with van der Waals surface area (Å²) in [5.74, 6) is -0.541. The standard InChI is InChI=1S/C21H21N5/c1-13-4-5-15(14(2)8-13)19-18-10-26(3)7-6-16(18)17(9-22)20(25)21(19,11-23)12-24/h4-6,8,18-19H,7,10,25H2,1-3H3/t18-,19+/m1/s1. The van der Waals surface area contributed by atoms with Gasteiger partial charge >= 0.3 is 0 Å². The van der Waals surface area contributed by atoms with Gasteiger partial charge in [-0.15, -0.1) is 0 Å². The van der Waals surface area contributed by atoms with E-state index in [0.717, 1.165) is 28.8 Å². The zero-order chi connectivity index (χ0) is 19.1. The summed E-state index contributed by atoms with van der Waals surface area (Å²) >= 11 is 0. The number of nitriles is 3. The second kappa shape index (κ2) is 6.34. The summed E-state index contributed by atoms with van der Waals surface area (Å²) in [6, 6.07) is 12.6. The molecule has 0 saturated carbocycles. The molecule has 5 nitrogen and oxygen atoms in total. The zero-order valence-electron chi connectivity index (χ0n) is 15.2. The van der Waals surface area contributed by atoms with Crippen molar-refractivity contribution in [3.8, 4) is 18.2 Å². The minimum Gasteiger partial charge on any atom is -0.399 e. The molecule has 2 N–H and O–H groups in total. The SMILES string of the molecule is Cc1ccc([C@H]2[C@@H]3CN(C)CC=C3C(C#N)=C(N)C2(C#N)C#N)c(C)c1. The van der Waals surface area contributed by atoms with Crippen LogP contribution in [0.4, 0.5) is 0 Å². The van der Waals surface area contributed by atoms with Gasteiger partial charge in [-0.3, -0.25) is 0 Å². The Morgan fingerprint density at radius 3 is 2.46 bits per heavy atom. The predicted molar refractivity (Wildman–Crippen MR) is 98.2 cm³/mol. The lowest BCUT2D eigenvalue weighted by molar-refractivity contribution is 0.237. The summed E-state index contributed by atoms with van der Waals surface area (Å²) in [7, 11) is 2.00. The van der Waals surface area contributed by atoms with Gasteiger partial charge in [0.05, 0.1) is 23.4 Å². The van der Waals surface area contributed by atoms with Crippen LogP contribution in [0.1, 0.15) is 22.6 Å². The molecule has 0 aromatic heterocycles. The highest BCUT2D eigenvalue weighted by Crippen LogP contribution is 2.54. The molecule has 1 heterocycles. The first-order valence-electron chi connectivity index (χ1n) is 8.58. The molecule has 1 aliphatic carbocycles. The number of allylic oxidation sites excluding steroid dienone is 2. The maximum Gasteiger partial charge on any atom is 0.191 e. The topological polar surface area (TPSA) is 101 Å². The minimum absolute atomic E-state index is 0.0852. The minimum atomic E-state index is -1.55. The number of hydrogen-bond donors (Lipinski definition) is 1. The average Bonchev–Trinajstić information content (AvgIpc) is 2.62. The molecule has 1 aliphatic heterocycles. The summed E-state index contributed by atoms with van der Waals surface area (Å²) in [5, 5.41) is 29.7. The Morgan fingerprint density at radius 2 is 1.88 bits per heavy atom. The predicted octanol–water partition coefficient (Wildman–Crippen LogP) is 2.66. The van der Waals surface area contributed by atoms with Crippen molar-refractivity contribution in [3.63, 3.8) is 0 Å². The summed E-state index contributed by atoms with van der Waals surface area (Å²) in [4.78, 5) is 2.14. The molecule has 130 valence electrons. The van der Waals surface area contributed by atoms with Crippen molar-refractivity contribution >= 4 is 0 Å². The van der Waals surface area contributed by atoms with Crippen molar-refractivity contribution in [1.29, 1.82) is 15.8 Å². The van der Waals surface area contributed by atoms with Crippen LogP contribution >= 0.6 is 0 Å². The van der Waals surface area contributed by atoms with Crippen LogP contribution in [-0.4, -0.2) is 25.0 Å². The number of nitrogens with zero attached hydrogens (tertiary/aromatic N) is 4. The smallest absolute Gasteiger partial charge is 0.191 e. The molecule has 0 unspecified atom stereocenters. The highest BCUT2D eigenvalue weighted by Gasteiger charge is 2.54. The molecule has 1 aromatic carbocycles. The number of fused-ring (bicyclic) bond motifs is 1. The van der Waals surface area contributed by atoms with E-state index in [0.29, 0.717) is 12.1 Å². The molecular formula is C21H21N5. The fourth-order valence-corrected chi connectivity index (χ4v) is 4.34. The van der Waals surface area contributed by atoms with Crippen molar-refractivity contribution in [1.82, 2.24) is 4.90 Å². The fourth-order valence-electron chi connectivity index (χ4n) is 4.34. The van der Waals surface area contributed by atoms with Gasteiger partial charge in [-0.2, -0.15) is 15.8 Å². The third-order valence-electron chi connectivity index (χ3n) is 5.61. The highest BCUT2D eigenvalue weighted by molar-refractivity contribution is 5.60. The lowest BCUT2D eigenvalue weighted by Crippen LogP contribution is -2.47. The number of likely N-dealkylation sites (N-methyl/N-ethyl adjacent to an activating group) is 1. The van der Waals surface area contributed by atoms with Gasteiger partial charge in [0, 0.05) is 24.9 Å². The van der Waals surface area contributed by atoms with Crippen LogP contribution in [0.3, 0.4) is 0 Å². The molecule has 0 radical (unpaired) electrons. The maximum absolute atomic E-state index is 10.0. The van der Waals surface area contributed by atoms with Crippen molar-refractivity contribution in [2.24, 2.45) is 17.1 Å². The number of rotatable bonds is 1. The lowest BCUT2D eigenvalue weighted by atomic mass is 9.57. The van der Waals surface area contributed by atoms with Crippen LogP contribution in [0, 0.1) is 59.2 Å². The van der Waals surface area contributed by atoms with Gasteiger partial charge < -0.3 is 10.6 Å². The molecule has 0 spiro atoms. The summed E-state index contributed by atoms with van der Waals surface area (Å²) in [5.41, 5.74) is 9.11. The maximum atomic E-state index is 10.0. The van der Waals surface area contributed by atoms with E-state index in [1.165, 1.54) is 0 Å². The van der Waals surface area contributed by atoms with E-state index in [9.17, 15) is 15.8 Å². The van der Waals surface area contributed by atoms with Crippen LogP contribution in [-0.2, 0) is 0 Å². The molecule has 1 aromatic rings. The zero-order valence-corrected chi connectivity index (χ0v) is 15.2. The van der Waals surface area contributed by atoms with E-state index in [-0.39, 0.29) is 11.6 Å². The second-order valence-electron chi connectivity index (χ2n) is 7.26. The van der Waals surface area contributed by atoms with Crippen LogP contribution in [0.15, 0.2) is 41.1 Å². The number of benzene rings is 1. The second-order valence-corrected chi connectivity index (χ2v) is 7.26. The number of hydrogen-bond acceptors (Lipinski definition) is 5. The molecule has 3 rings (SSSR count). The average molecular weight is 343 g/mol. The van der Waals surface area contributed by atoms with Crippen LogP contribution in [0.2, 0.25) is 0 Å². The highest BCUT2D eigenvalue weighted by atomic mass is 15.1. The van der Waals surface area contributed by atoms with Gasteiger partial charge in [0.25, 0.3) is 0 Å². The Morgan fingerprint density at radius 1 is 1.19 bits per heavy atom. The molecule has 0 bridgehead atoms. The van der Waals surface area contributed by atoms with E-state index in [1.54, 1.807) is 0 Å². The largest absolute Gasteiger partial charge is 0.399 e. The Balaban J connectivity index is 2.36. The lowest BCUT2D eigenvalue weighted by Gasteiger charge is -2.45. The van der Waals surface area contributed by atoms with E-state index >= 15 is 0 Å². The Hall–Kier alpha value is -3.07. The van der Waals surface area contributed by atoms with Gasteiger partial charge in [-0.1, -0.05) is 29.8 Å². The molecular weight excluding hydrogens is 322 g/mol. The third kappa shape index (κ3) is 2.39. The quantitative estimate of drug-likeness (QED) is 0.845. The summed E-state index contributed by atoms with van der Waals surface area (Å²) < 4.78 is 0.